The van der Waals surface area contributed by atoms with Gasteiger partial charge in [-0.1, -0.05) is 116 Å². The zero-order valence-electron chi connectivity index (χ0n) is 35.6. The van der Waals surface area contributed by atoms with Crippen LogP contribution in [0.2, 0.25) is 0 Å². The Morgan fingerprint density at radius 3 is 1.28 bits per heavy atom. The maximum atomic E-state index is 14.9. The zero-order chi connectivity index (χ0) is 41.2. The minimum absolute atomic E-state index is 0. The topological polar surface area (TPSA) is 60.0 Å². The summed E-state index contributed by atoms with van der Waals surface area (Å²) < 4.78 is 91.2. The van der Waals surface area contributed by atoms with Gasteiger partial charge in [0.05, 0.1) is 55.4 Å². The van der Waals surface area contributed by atoms with E-state index in [1.165, 1.54) is 64.9 Å². The summed E-state index contributed by atoms with van der Waals surface area (Å²) in [6, 6.07) is 22.3. The van der Waals surface area contributed by atoms with E-state index in [2.05, 4.69) is 79.5 Å². The molecular weight excluding hydrogens is 751 g/mol. The van der Waals surface area contributed by atoms with Crippen LogP contribution in [-0.4, -0.2) is 87.6 Å². The first-order valence-corrected chi connectivity index (χ1v) is 20.3. The Balaban J connectivity index is 0.00000450. The van der Waals surface area contributed by atoms with E-state index in [0.29, 0.717) is 11.1 Å². The molecule has 10 heteroatoms. The summed E-state index contributed by atoms with van der Waals surface area (Å²) in [6.07, 6.45) is -0.224. The van der Waals surface area contributed by atoms with E-state index in [0.717, 1.165) is 103 Å². The number of nitrogens with zero attached hydrogens (tertiary/aromatic N) is 2. The van der Waals surface area contributed by atoms with Crippen molar-refractivity contribution in [2.45, 2.75) is 101 Å². The second-order valence-electron chi connectivity index (χ2n) is 18.4. The Hall–Kier alpha value is -3.70. The van der Waals surface area contributed by atoms with Gasteiger partial charge in [-0.3, -0.25) is 0 Å². The first-order chi connectivity index (χ1) is 26.1. The van der Waals surface area contributed by atoms with Crippen molar-refractivity contribution in [3.05, 3.63) is 118 Å². The second-order valence-corrected chi connectivity index (χ2v) is 18.4. The maximum Gasteiger partial charge on any atom is 0.411 e. The van der Waals surface area contributed by atoms with Gasteiger partial charge in [-0.2, -0.15) is 26.3 Å². The van der Waals surface area contributed by atoms with Crippen molar-refractivity contribution in [1.82, 2.24) is 0 Å². The highest BCUT2D eigenvalue weighted by Crippen LogP contribution is 2.57. The van der Waals surface area contributed by atoms with E-state index in [4.69, 9.17) is 0 Å². The molecule has 320 valence electrons. The molecule has 4 nitrogen and oxygen atoms in total. The van der Waals surface area contributed by atoms with Gasteiger partial charge >= 0.3 is 12.4 Å². The number of hydrogen-bond acceptors (Lipinski definition) is 2. The lowest BCUT2D eigenvalue weighted by Crippen LogP contribution is -2.54. The molecule has 0 unspecified atom stereocenters. The lowest BCUT2D eigenvalue weighted by atomic mass is 9.70. The van der Waals surface area contributed by atoms with Gasteiger partial charge in [-0.15, -0.1) is 0 Å². The third-order valence-electron chi connectivity index (χ3n) is 11.9. The summed E-state index contributed by atoms with van der Waals surface area (Å²) in [5, 5.41) is 0. The van der Waals surface area contributed by atoms with E-state index in [1.807, 2.05) is 6.07 Å². The summed E-state index contributed by atoms with van der Waals surface area (Å²) in [5.41, 5.74) is 2.00. The molecule has 0 heterocycles. The molecule has 5 rings (SSSR count). The minimum Gasteiger partial charge on any atom is -0.870 e. The molecule has 1 aliphatic carbocycles. The van der Waals surface area contributed by atoms with Gasteiger partial charge in [0.1, 0.15) is 0 Å². The van der Waals surface area contributed by atoms with Crippen molar-refractivity contribution < 1.29 is 46.3 Å². The lowest BCUT2D eigenvalue weighted by molar-refractivity contribution is -0.870. The SMILES string of the molecule is Cc1ccc(C(c2ccc(-c3ccc4c(c3)C(CCCCCC[N+](C)(C)C)(CCCCCC[N+](C)(C)C)c3cc(C)ccc3-4)cc2)(C(F)(F)F)C(F)(F)F)cc1.[OH-].[OH-]. The van der Waals surface area contributed by atoms with Gasteiger partial charge in [0, 0.05) is 5.41 Å². The van der Waals surface area contributed by atoms with Gasteiger partial charge in [-0.25, -0.2) is 0 Å². The molecule has 0 amide bonds. The Bertz CT molecular complexity index is 1880. The maximum absolute atomic E-state index is 14.9. The van der Waals surface area contributed by atoms with Crippen LogP contribution in [0.5, 0.6) is 0 Å². The number of halogens is 6. The molecule has 0 aliphatic heterocycles. The number of rotatable bonds is 17. The Kier molecular flexibility index (Phi) is 15.7. The van der Waals surface area contributed by atoms with Crippen molar-refractivity contribution in [1.29, 1.82) is 0 Å². The van der Waals surface area contributed by atoms with Crippen LogP contribution in [0.3, 0.4) is 0 Å². The van der Waals surface area contributed by atoms with Crippen LogP contribution < -0.4 is 0 Å². The molecule has 0 spiro atoms. The molecule has 1 aliphatic rings. The fraction of sp³-hybridized carbons (Fsp3) is 0.500. The van der Waals surface area contributed by atoms with Crippen LogP contribution in [0.1, 0.15) is 97.6 Å². The summed E-state index contributed by atoms with van der Waals surface area (Å²) in [4.78, 5) is 0. The standard InChI is InChI=1S/C48H62F6N2.2H2O/c1-35-17-23-39(24-18-35)46(47(49,50)51,48(52,53)54)40-25-20-37(21-26-40)38-22-28-42-41-27-19-36(2)33-43(41)45(44(42)34-38,29-13-9-11-15-31-55(3,4)5)30-14-10-12-16-32-56(6,7)8;;/h17-28,33-34H,9-16,29-32H2,1-8H3;2*1H2/q+2;;/p-2. The van der Waals surface area contributed by atoms with E-state index in [1.54, 1.807) is 6.92 Å². The van der Waals surface area contributed by atoms with Crippen molar-refractivity contribution in [2.24, 2.45) is 0 Å². The number of quaternary nitrogens is 2. The fourth-order valence-corrected chi connectivity index (χ4v) is 8.88. The predicted octanol–water partition coefficient (Wildman–Crippen LogP) is 12.6. The summed E-state index contributed by atoms with van der Waals surface area (Å²) >= 11 is 0. The van der Waals surface area contributed by atoms with Crippen molar-refractivity contribution >= 4 is 0 Å². The van der Waals surface area contributed by atoms with E-state index < -0.39 is 28.9 Å². The molecule has 58 heavy (non-hydrogen) atoms. The molecule has 0 radical (unpaired) electrons. The predicted molar refractivity (Wildman–Crippen MR) is 223 cm³/mol. The number of alkyl halides is 6. The molecule has 4 aromatic rings. The fourth-order valence-electron chi connectivity index (χ4n) is 8.88. The highest BCUT2D eigenvalue weighted by molar-refractivity contribution is 5.84. The van der Waals surface area contributed by atoms with Crippen LogP contribution in [0.4, 0.5) is 26.3 Å². The number of aryl methyl sites for hydroxylation is 2. The van der Waals surface area contributed by atoms with Gasteiger partial charge in [0.25, 0.3) is 0 Å². The van der Waals surface area contributed by atoms with Gasteiger partial charge in [0.15, 0.2) is 0 Å². The second kappa shape index (κ2) is 18.7. The van der Waals surface area contributed by atoms with Crippen LogP contribution in [0.15, 0.2) is 84.9 Å². The van der Waals surface area contributed by atoms with Crippen LogP contribution in [0, 0.1) is 13.8 Å². The van der Waals surface area contributed by atoms with E-state index >= 15 is 0 Å². The van der Waals surface area contributed by atoms with Crippen LogP contribution in [0.25, 0.3) is 22.3 Å². The first-order valence-electron chi connectivity index (χ1n) is 20.3. The summed E-state index contributed by atoms with van der Waals surface area (Å²) in [6.45, 7) is 6.02. The van der Waals surface area contributed by atoms with E-state index in [-0.39, 0.29) is 16.4 Å². The largest absolute Gasteiger partial charge is 0.870 e. The molecule has 0 aromatic heterocycles. The lowest BCUT2D eigenvalue weighted by Gasteiger charge is -2.38. The highest BCUT2D eigenvalue weighted by atomic mass is 19.4. The molecule has 0 saturated heterocycles. The monoisotopic (exact) mass is 814 g/mol. The minimum atomic E-state index is -5.63. The van der Waals surface area contributed by atoms with E-state index in [9.17, 15) is 26.3 Å². The number of fused-ring (bicyclic) bond motifs is 3. The summed E-state index contributed by atoms with van der Waals surface area (Å²) in [7, 11) is 13.3. The molecule has 0 bridgehead atoms. The quantitative estimate of drug-likeness (QED) is 0.0605. The van der Waals surface area contributed by atoms with Crippen LogP contribution in [-0.2, 0) is 10.8 Å². The summed E-state index contributed by atoms with van der Waals surface area (Å²) in [5.74, 6) is 0. The number of benzene rings is 4. The molecule has 2 N–H and O–H groups in total. The smallest absolute Gasteiger partial charge is 0.411 e. The molecule has 0 saturated carbocycles. The van der Waals surface area contributed by atoms with Gasteiger partial charge in [0.2, 0.25) is 5.41 Å². The molecule has 4 aromatic carbocycles. The average Bonchev–Trinajstić information content (AvgIpc) is 3.35. The normalized spacial score (nSPS) is 14.0. The van der Waals surface area contributed by atoms with Crippen molar-refractivity contribution in [3.8, 4) is 22.3 Å². The molecule has 0 fully saturated rings. The molecule has 0 atom stereocenters. The van der Waals surface area contributed by atoms with Gasteiger partial charge in [-0.05, 0) is 103 Å². The van der Waals surface area contributed by atoms with Crippen molar-refractivity contribution in [2.75, 3.05) is 55.4 Å². The highest BCUT2D eigenvalue weighted by Gasteiger charge is 2.72. The average molecular weight is 815 g/mol. The number of hydrogen-bond donors (Lipinski definition) is 0. The van der Waals surface area contributed by atoms with Crippen LogP contribution >= 0.6 is 0 Å². The Morgan fingerprint density at radius 1 is 0.448 bits per heavy atom. The third kappa shape index (κ3) is 10.5. The van der Waals surface area contributed by atoms with Gasteiger partial charge < -0.3 is 19.9 Å². The molecular formula is C48H64F6N2O2. The van der Waals surface area contributed by atoms with Crippen molar-refractivity contribution in [3.63, 3.8) is 0 Å². The Labute approximate surface area is 342 Å². The Morgan fingerprint density at radius 2 is 0.828 bits per heavy atom. The number of unbranched alkanes of at least 4 members (excludes halogenated alkanes) is 6. The third-order valence-corrected chi connectivity index (χ3v) is 11.9. The zero-order valence-corrected chi connectivity index (χ0v) is 35.6. The first kappa shape index (κ1) is 48.7.